The Bertz CT molecular complexity index is 3470. The molecular weight excluding hydrogens is 739 g/mol. The van der Waals surface area contributed by atoms with Gasteiger partial charge >= 0.3 is 0 Å². The lowest BCUT2D eigenvalue weighted by atomic mass is 9.88. The molecule has 0 amide bonds. The van der Waals surface area contributed by atoms with Gasteiger partial charge in [-0.2, -0.15) is 0 Å². The van der Waals surface area contributed by atoms with Crippen LogP contribution in [0.5, 0.6) is 0 Å². The average Bonchev–Trinajstić information content (AvgIpc) is 3.67. The lowest BCUT2D eigenvalue weighted by Crippen LogP contribution is -2.04. The Morgan fingerprint density at radius 3 is 1.75 bits per heavy atom. The third-order valence-corrected chi connectivity index (χ3v) is 12.0. The normalized spacial score (nSPS) is 12.3. The molecule has 0 saturated heterocycles. The van der Waals surface area contributed by atoms with Gasteiger partial charge in [-0.1, -0.05) is 182 Å². The highest BCUT2D eigenvalue weighted by molar-refractivity contribution is 6.28. The Morgan fingerprint density at radius 1 is 0.426 bits per heavy atom. The molecule has 61 heavy (non-hydrogen) atoms. The number of allylic oxidation sites excluding steroid dienone is 1. The Labute approximate surface area is 355 Å². The van der Waals surface area contributed by atoms with Gasteiger partial charge in [-0.15, -0.1) is 0 Å². The molecule has 0 bridgehead atoms. The second kappa shape index (κ2) is 15.3. The van der Waals surface area contributed by atoms with Crippen molar-refractivity contribution < 1.29 is 0 Å². The van der Waals surface area contributed by atoms with Crippen molar-refractivity contribution in [3.63, 3.8) is 0 Å². The van der Waals surface area contributed by atoms with Crippen molar-refractivity contribution in [2.45, 2.75) is 6.54 Å². The van der Waals surface area contributed by atoms with Gasteiger partial charge in [0.2, 0.25) is 0 Å². The van der Waals surface area contributed by atoms with Crippen molar-refractivity contribution in [3.05, 3.63) is 241 Å². The molecule has 0 radical (unpaired) electrons. The van der Waals surface area contributed by atoms with Crippen LogP contribution in [0.1, 0.15) is 16.7 Å². The minimum absolute atomic E-state index is 0.516. The fourth-order valence-electron chi connectivity index (χ4n) is 9.11. The van der Waals surface area contributed by atoms with Crippen LogP contribution in [-0.2, 0) is 6.54 Å². The largest absolute Gasteiger partial charge is 0.398 e. The van der Waals surface area contributed by atoms with Crippen molar-refractivity contribution in [2.24, 2.45) is 10.7 Å². The van der Waals surface area contributed by atoms with E-state index in [9.17, 15) is 0 Å². The van der Waals surface area contributed by atoms with E-state index in [1.165, 1.54) is 76.4 Å². The molecule has 0 aliphatic heterocycles. The van der Waals surface area contributed by atoms with Crippen LogP contribution in [0.25, 0.3) is 87.8 Å². The van der Waals surface area contributed by atoms with Crippen LogP contribution in [-0.4, -0.2) is 10.3 Å². The zero-order valence-corrected chi connectivity index (χ0v) is 33.5. The van der Waals surface area contributed by atoms with E-state index in [2.05, 4.69) is 174 Å². The molecule has 2 N–H and O–H groups in total. The van der Waals surface area contributed by atoms with Crippen LogP contribution in [0.3, 0.4) is 0 Å². The lowest BCUT2D eigenvalue weighted by molar-refractivity contribution is 1.07. The van der Waals surface area contributed by atoms with Gasteiger partial charge in [-0.3, -0.25) is 4.99 Å². The first kappa shape index (κ1) is 36.1. The lowest BCUT2D eigenvalue weighted by Gasteiger charge is -2.15. The highest BCUT2D eigenvalue weighted by Gasteiger charge is 2.17. The highest BCUT2D eigenvalue weighted by Crippen LogP contribution is 2.42. The summed E-state index contributed by atoms with van der Waals surface area (Å²) in [6, 6.07) is 78.1. The van der Waals surface area contributed by atoms with E-state index in [0.29, 0.717) is 12.2 Å². The summed E-state index contributed by atoms with van der Waals surface area (Å²) in [6.45, 7) is 0.516. The number of fused-ring (bicyclic) bond motifs is 9. The molecule has 0 fully saturated rings. The number of rotatable bonds is 8. The van der Waals surface area contributed by atoms with E-state index in [1.807, 2.05) is 54.6 Å². The summed E-state index contributed by atoms with van der Waals surface area (Å²) >= 11 is 0. The number of aromatic nitrogens is 1. The van der Waals surface area contributed by atoms with E-state index >= 15 is 0 Å². The summed E-state index contributed by atoms with van der Waals surface area (Å²) in [5, 5.41) is 9.92. The van der Waals surface area contributed by atoms with Crippen LogP contribution in [0.15, 0.2) is 229 Å². The first-order valence-electron chi connectivity index (χ1n) is 20.9. The Morgan fingerprint density at radius 2 is 1.00 bits per heavy atom. The predicted octanol–water partition coefficient (Wildman–Crippen LogP) is 14.6. The molecule has 11 rings (SSSR count). The third-order valence-electron chi connectivity index (χ3n) is 12.0. The standard InChI is InChI=1S/C58H41N3/c59-54(42-17-6-2-7-18-42)37-55(43-19-8-3-9-20-43)60-38-39-27-33-51-52(35-39)48-22-11-10-21-47(48)50-25-14-24-46(58(50)51)44-30-34-57-53(36-44)49-23-12-13-26-56(49)61(57)45-31-28-41(29-32-45)40-15-4-1-5-16-40/h1-37H,38,59H2/b54-37-,60-55?. The monoisotopic (exact) mass is 779 g/mol. The smallest absolute Gasteiger partial charge is 0.0671 e. The van der Waals surface area contributed by atoms with E-state index in [4.69, 9.17) is 10.7 Å². The summed E-state index contributed by atoms with van der Waals surface area (Å²) in [5.41, 5.74) is 19.7. The highest BCUT2D eigenvalue weighted by atomic mass is 15.0. The molecule has 0 saturated carbocycles. The summed E-state index contributed by atoms with van der Waals surface area (Å²) < 4.78 is 2.40. The Hall–Kier alpha value is -8.01. The second-order valence-corrected chi connectivity index (χ2v) is 15.7. The first-order chi connectivity index (χ1) is 30.2. The van der Waals surface area contributed by atoms with Crippen molar-refractivity contribution in [2.75, 3.05) is 0 Å². The fraction of sp³-hybridized carbons (Fsp3) is 0.0172. The number of benzene rings is 10. The van der Waals surface area contributed by atoms with E-state index in [-0.39, 0.29) is 0 Å². The predicted molar refractivity (Wildman–Crippen MR) is 259 cm³/mol. The van der Waals surface area contributed by atoms with Gasteiger partial charge in [0.05, 0.1) is 23.3 Å². The van der Waals surface area contributed by atoms with Gasteiger partial charge in [0.1, 0.15) is 0 Å². The van der Waals surface area contributed by atoms with Gasteiger partial charge in [-0.05, 0) is 114 Å². The average molecular weight is 780 g/mol. The number of hydrogen-bond donors (Lipinski definition) is 1. The molecule has 11 aromatic rings. The topological polar surface area (TPSA) is 43.3 Å². The van der Waals surface area contributed by atoms with E-state index in [0.717, 1.165) is 28.1 Å². The fourth-order valence-corrected chi connectivity index (χ4v) is 9.11. The maximum atomic E-state index is 6.64. The second-order valence-electron chi connectivity index (χ2n) is 15.7. The zero-order chi connectivity index (χ0) is 40.7. The zero-order valence-electron chi connectivity index (χ0n) is 33.5. The van der Waals surface area contributed by atoms with Crippen LogP contribution in [0.4, 0.5) is 0 Å². The van der Waals surface area contributed by atoms with E-state index < -0.39 is 0 Å². The molecule has 1 aromatic heterocycles. The number of aliphatic imine (C=N–C) groups is 1. The number of para-hydroxylation sites is 1. The quantitative estimate of drug-likeness (QED) is 0.121. The Balaban J connectivity index is 1.04. The molecule has 288 valence electrons. The van der Waals surface area contributed by atoms with Crippen LogP contribution in [0, 0.1) is 0 Å². The van der Waals surface area contributed by atoms with Gasteiger partial charge in [-0.25, -0.2) is 0 Å². The molecule has 1 heterocycles. The summed E-state index contributed by atoms with van der Waals surface area (Å²) in [6.07, 6.45) is 2.00. The number of hydrogen-bond acceptors (Lipinski definition) is 2. The van der Waals surface area contributed by atoms with Gasteiger partial charge < -0.3 is 10.3 Å². The molecule has 0 spiro atoms. The molecular formula is C58H41N3. The molecule has 3 heteroatoms. The van der Waals surface area contributed by atoms with Crippen LogP contribution < -0.4 is 5.73 Å². The van der Waals surface area contributed by atoms with Crippen LogP contribution in [0.2, 0.25) is 0 Å². The van der Waals surface area contributed by atoms with Gasteiger partial charge in [0.15, 0.2) is 0 Å². The van der Waals surface area contributed by atoms with E-state index in [1.54, 1.807) is 0 Å². The Kier molecular flexibility index (Phi) is 9.05. The van der Waals surface area contributed by atoms with Gasteiger partial charge in [0, 0.05) is 22.2 Å². The first-order valence-corrected chi connectivity index (χ1v) is 20.9. The van der Waals surface area contributed by atoms with Crippen molar-refractivity contribution in [3.8, 4) is 27.9 Å². The summed E-state index contributed by atoms with van der Waals surface area (Å²) in [4.78, 5) is 5.20. The molecule has 0 atom stereocenters. The van der Waals surface area contributed by atoms with Crippen LogP contribution >= 0.6 is 0 Å². The van der Waals surface area contributed by atoms with Crippen molar-refractivity contribution >= 4 is 65.5 Å². The molecule has 0 aliphatic carbocycles. The minimum Gasteiger partial charge on any atom is -0.398 e. The summed E-state index contributed by atoms with van der Waals surface area (Å²) in [5.74, 6) is 0. The molecule has 3 nitrogen and oxygen atoms in total. The molecule has 0 aliphatic rings. The SMILES string of the molecule is N/C(=C\C(=NCc1ccc2c(c1)c1ccccc1c1cccc(-c3ccc4c(c3)c3ccccc3n4-c3ccc(-c4ccccc4)cc3)c12)c1ccccc1)c1ccccc1. The maximum Gasteiger partial charge on any atom is 0.0671 e. The minimum atomic E-state index is 0.516. The molecule has 10 aromatic carbocycles. The number of nitrogens with zero attached hydrogens (tertiary/aromatic N) is 2. The summed E-state index contributed by atoms with van der Waals surface area (Å²) in [7, 11) is 0. The number of nitrogens with two attached hydrogens (primary N) is 1. The van der Waals surface area contributed by atoms with Crippen molar-refractivity contribution in [1.29, 1.82) is 0 Å². The third kappa shape index (κ3) is 6.54. The maximum absolute atomic E-state index is 6.64. The van der Waals surface area contributed by atoms with Gasteiger partial charge in [0.25, 0.3) is 0 Å². The van der Waals surface area contributed by atoms with Crippen molar-refractivity contribution in [1.82, 2.24) is 4.57 Å². The molecule has 0 unspecified atom stereocenters.